The normalized spacial score (nSPS) is 33.0. The summed E-state index contributed by atoms with van der Waals surface area (Å²) >= 11 is 3.74. The van der Waals surface area contributed by atoms with Gasteiger partial charge in [0.15, 0.2) is 0 Å². The molecule has 5 nitrogen and oxygen atoms in total. The molecule has 130 valence electrons. The van der Waals surface area contributed by atoms with E-state index >= 15 is 0 Å². The summed E-state index contributed by atoms with van der Waals surface area (Å²) in [7, 11) is 0. The largest absolute Gasteiger partial charge is 0.320 e. The molecule has 0 heterocycles. The molecule has 3 atom stereocenters. The van der Waals surface area contributed by atoms with E-state index in [1.807, 2.05) is 13.8 Å². The van der Waals surface area contributed by atoms with Crippen molar-refractivity contribution in [2.24, 2.45) is 16.2 Å². The molecule has 1 aromatic carbocycles. The van der Waals surface area contributed by atoms with E-state index in [0.29, 0.717) is 5.69 Å². The highest BCUT2D eigenvalue weighted by Gasteiger charge is 2.80. The minimum absolute atomic E-state index is 0.0492. The monoisotopic (exact) mass is 394 g/mol. The molecule has 6 heteroatoms. The van der Waals surface area contributed by atoms with Crippen molar-refractivity contribution in [3.63, 3.8) is 0 Å². The molecule has 0 radical (unpaired) electrons. The lowest BCUT2D eigenvalue weighted by molar-refractivity contribution is -0.384. The van der Waals surface area contributed by atoms with E-state index in [-0.39, 0.29) is 27.3 Å². The summed E-state index contributed by atoms with van der Waals surface area (Å²) < 4.78 is 0. The number of benzene rings is 1. The van der Waals surface area contributed by atoms with Gasteiger partial charge in [0.1, 0.15) is 5.69 Å². The van der Waals surface area contributed by atoms with Crippen LogP contribution in [0.3, 0.4) is 0 Å². The molecule has 3 unspecified atom stereocenters. The van der Waals surface area contributed by atoms with Gasteiger partial charge in [-0.2, -0.15) is 0 Å². The number of amides is 1. The molecule has 3 aliphatic rings. The zero-order valence-corrected chi connectivity index (χ0v) is 16.3. The highest BCUT2D eigenvalue weighted by atomic mass is 79.9. The summed E-state index contributed by atoms with van der Waals surface area (Å²) in [5, 5.41) is 14.2. The average molecular weight is 395 g/mol. The number of carbonyl (C=O) groups is 1. The van der Waals surface area contributed by atoms with Crippen molar-refractivity contribution < 1.29 is 9.72 Å². The highest BCUT2D eigenvalue weighted by molar-refractivity contribution is 9.09. The molecule has 1 aromatic rings. The number of carbonyl (C=O) groups excluding carboxylic acids is 1. The second-order valence-electron chi connectivity index (χ2n) is 8.04. The maximum atomic E-state index is 13.2. The van der Waals surface area contributed by atoms with Gasteiger partial charge in [-0.25, -0.2) is 0 Å². The summed E-state index contributed by atoms with van der Waals surface area (Å²) in [6, 6.07) is 3.23. The number of hydrogen-bond donors (Lipinski definition) is 1. The molecular formula is C18H23BrN2O3. The van der Waals surface area contributed by atoms with Crippen LogP contribution in [0.15, 0.2) is 12.1 Å². The molecule has 0 aliphatic heterocycles. The maximum absolute atomic E-state index is 13.2. The van der Waals surface area contributed by atoms with Gasteiger partial charge in [0.25, 0.3) is 5.69 Å². The number of hydrogen-bond acceptors (Lipinski definition) is 3. The molecule has 1 N–H and O–H groups in total. The molecule has 1 amide bonds. The van der Waals surface area contributed by atoms with E-state index < -0.39 is 10.3 Å². The smallest absolute Gasteiger partial charge is 0.293 e. The van der Waals surface area contributed by atoms with E-state index in [1.54, 1.807) is 6.07 Å². The predicted molar refractivity (Wildman–Crippen MR) is 97.5 cm³/mol. The van der Waals surface area contributed by atoms with Gasteiger partial charge in [-0.05, 0) is 54.7 Å². The fraction of sp³-hybridized carbons (Fsp3) is 0.611. The number of fused-ring (bicyclic) bond motifs is 1. The summed E-state index contributed by atoms with van der Waals surface area (Å²) in [4.78, 5) is 24.2. The number of halogens is 1. The molecule has 2 bridgehead atoms. The van der Waals surface area contributed by atoms with Gasteiger partial charge in [0.05, 0.1) is 10.3 Å². The van der Waals surface area contributed by atoms with Crippen molar-refractivity contribution in [2.45, 2.75) is 52.3 Å². The number of nitrogens with zero attached hydrogens (tertiary/aromatic N) is 1. The maximum Gasteiger partial charge on any atom is 0.293 e. The van der Waals surface area contributed by atoms with Crippen molar-refractivity contribution in [2.75, 3.05) is 5.32 Å². The Morgan fingerprint density at radius 2 is 1.83 bits per heavy atom. The molecule has 3 aliphatic carbocycles. The third-order valence-electron chi connectivity index (χ3n) is 7.04. The molecule has 24 heavy (non-hydrogen) atoms. The SMILES string of the molecule is Cc1cc(NC(=O)C23CCC(C)(C2Br)C3(C)C)c([N+](=O)[O-])cc1C. The Kier molecular flexibility index (Phi) is 3.65. The fourth-order valence-electron chi connectivity index (χ4n) is 4.74. The molecule has 0 spiro atoms. The average Bonchev–Trinajstić information content (AvgIpc) is 2.90. The topological polar surface area (TPSA) is 72.2 Å². The Bertz CT molecular complexity index is 761. The number of nitro benzene ring substituents is 1. The lowest BCUT2D eigenvalue weighted by Crippen LogP contribution is -2.68. The quantitative estimate of drug-likeness (QED) is 0.457. The van der Waals surface area contributed by atoms with Gasteiger partial charge in [-0.3, -0.25) is 14.9 Å². The van der Waals surface area contributed by atoms with Crippen LogP contribution in [0.5, 0.6) is 0 Å². The van der Waals surface area contributed by atoms with Crippen molar-refractivity contribution in [3.8, 4) is 0 Å². The van der Waals surface area contributed by atoms with E-state index in [4.69, 9.17) is 0 Å². The van der Waals surface area contributed by atoms with Crippen LogP contribution in [0.1, 0.15) is 44.7 Å². The first-order chi connectivity index (χ1) is 11.0. The Balaban J connectivity index is 1.98. The standard InChI is InChI=1S/C18H23BrN2O3/c1-10-8-12(13(21(23)24)9-11(10)2)20-15(22)18-7-6-17(5,14(18)19)16(18,3)4/h8-9,14H,6-7H2,1-5H3,(H,20,22). The summed E-state index contributed by atoms with van der Waals surface area (Å²) in [6.45, 7) is 10.2. The molecule has 0 saturated heterocycles. The molecule has 0 aromatic heterocycles. The number of alkyl halides is 1. The van der Waals surface area contributed by atoms with Crippen LogP contribution in [0.4, 0.5) is 11.4 Å². The number of aryl methyl sites for hydroxylation is 2. The third kappa shape index (κ3) is 1.83. The van der Waals surface area contributed by atoms with Gasteiger partial charge in [-0.1, -0.05) is 36.7 Å². The van der Waals surface area contributed by atoms with E-state index in [0.717, 1.165) is 24.0 Å². The van der Waals surface area contributed by atoms with Crippen molar-refractivity contribution in [1.82, 2.24) is 0 Å². The highest BCUT2D eigenvalue weighted by Crippen LogP contribution is 2.79. The number of nitro groups is 1. The van der Waals surface area contributed by atoms with Crippen LogP contribution in [-0.4, -0.2) is 15.7 Å². The van der Waals surface area contributed by atoms with Crippen LogP contribution in [0.2, 0.25) is 0 Å². The first-order valence-electron chi connectivity index (χ1n) is 8.20. The van der Waals surface area contributed by atoms with Gasteiger partial charge in [0, 0.05) is 10.9 Å². The first kappa shape index (κ1) is 17.4. The molecular weight excluding hydrogens is 372 g/mol. The lowest BCUT2D eigenvalue weighted by atomic mass is 9.43. The molecule has 3 saturated carbocycles. The third-order valence-corrected chi connectivity index (χ3v) is 8.83. The van der Waals surface area contributed by atoms with Crippen molar-refractivity contribution >= 4 is 33.2 Å². The summed E-state index contributed by atoms with van der Waals surface area (Å²) in [5.74, 6) is -0.115. The van der Waals surface area contributed by atoms with Gasteiger partial charge < -0.3 is 5.32 Å². The fourth-order valence-corrected chi connectivity index (χ4v) is 6.55. The van der Waals surface area contributed by atoms with Crippen LogP contribution in [0, 0.1) is 40.2 Å². The number of anilines is 1. The zero-order chi connectivity index (χ0) is 18.1. The van der Waals surface area contributed by atoms with Crippen LogP contribution in [-0.2, 0) is 4.79 Å². The Labute approximate surface area is 150 Å². The summed E-state index contributed by atoms with van der Waals surface area (Å²) in [5.41, 5.74) is 1.42. The van der Waals surface area contributed by atoms with Gasteiger partial charge in [0.2, 0.25) is 5.91 Å². The predicted octanol–water partition coefficient (Wildman–Crippen LogP) is 4.74. The Hall–Kier alpha value is -1.43. The van der Waals surface area contributed by atoms with Gasteiger partial charge >= 0.3 is 0 Å². The summed E-state index contributed by atoms with van der Waals surface area (Å²) in [6.07, 6.45) is 1.79. The van der Waals surface area contributed by atoms with Crippen molar-refractivity contribution in [3.05, 3.63) is 33.4 Å². The lowest BCUT2D eigenvalue weighted by Gasteiger charge is -2.64. The minimum atomic E-state index is -0.519. The number of rotatable bonds is 3. The van der Waals surface area contributed by atoms with E-state index in [9.17, 15) is 14.9 Å². The van der Waals surface area contributed by atoms with E-state index in [2.05, 4.69) is 42.0 Å². The van der Waals surface area contributed by atoms with Crippen LogP contribution >= 0.6 is 15.9 Å². The zero-order valence-electron chi connectivity index (χ0n) is 14.7. The molecule has 3 fully saturated rings. The second-order valence-corrected chi connectivity index (χ2v) is 8.96. The molecule has 4 rings (SSSR count). The van der Waals surface area contributed by atoms with Crippen LogP contribution in [0.25, 0.3) is 0 Å². The van der Waals surface area contributed by atoms with Crippen molar-refractivity contribution in [1.29, 1.82) is 0 Å². The first-order valence-corrected chi connectivity index (χ1v) is 9.12. The second kappa shape index (κ2) is 5.04. The van der Waals surface area contributed by atoms with E-state index in [1.165, 1.54) is 6.07 Å². The minimum Gasteiger partial charge on any atom is -0.320 e. The van der Waals surface area contributed by atoms with Crippen LogP contribution < -0.4 is 5.32 Å². The number of nitrogens with one attached hydrogen (secondary N) is 1. The van der Waals surface area contributed by atoms with Gasteiger partial charge in [-0.15, -0.1) is 0 Å². The Morgan fingerprint density at radius 1 is 1.25 bits per heavy atom. The Morgan fingerprint density at radius 3 is 2.29 bits per heavy atom.